The van der Waals surface area contributed by atoms with Gasteiger partial charge in [0.15, 0.2) is 0 Å². The van der Waals surface area contributed by atoms with Crippen molar-refractivity contribution in [2.45, 2.75) is 60.4 Å². The Kier molecular flexibility index (Phi) is 8.08. The third-order valence-corrected chi connectivity index (χ3v) is 6.42. The van der Waals surface area contributed by atoms with Crippen LogP contribution in [0.15, 0.2) is 54.5 Å². The maximum absolute atomic E-state index is 13.1. The number of amides is 1. The molecule has 172 valence electrons. The number of piperidine rings is 1. The second-order valence-electron chi connectivity index (χ2n) is 8.58. The van der Waals surface area contributed by atoms with Crippen molar-refractivity contribution in [3.8, 4) is 0 Å². The van der Waals surface area contributed by atoms with Crippen LogP contribution in [0.4, 0.5) is 0 Å². The normalized spacial score (nSPS) is 20.2. The number of aryl methyl sites for hydroxylation is 1. The van der Waals surface area contributed by atoms with Gasteiger partial charge in [0.2, 0.25) is 0 Å². The number of aromatic nitrogens is 2. The molecule has 0 N–H and O–H groups in total. The summed E-state index contributed by atoms with van der Waals surface area (Å²) >= 11 is 0. The lowest BCUT2D eigenvalue weighted by Gasteiger charge is -2.34. The Morgan fingerprint density at radius 1 is 1.19 bits per heavy atom. The fraction of sp³-hybridized carbons (Fsp3) is 0.481. The van der Waals surface area contributed by atoms with E-state index in [2.05, 4.69) is 42.1 Å². The second-order valence-corrected chi connectivity index (χ2v) is 8.58. The predicted octanol–water partition coefficient (Wildman–Crippen LogP) is 5.47. The molecule has 1 unspecified atom stereocenters. The minimum atomic E-state index is 0.0368. The van der Waals surface area contributed by atoms with Crippen LogP contribution in [0, 0.1) is 12.8 Å². The van der Waals surface area contributed by atoms with Gasteiger partial charge in [-0.15, -0.1) is 0 Å². The number of likely N-dealkylation sites (tertiary alicyclic amines) is 1. The van der Waals surface area contributed by atoms with Gasteiger partial charge < -0.3 is 14.2 Å². The van der Waals surface area contributed by atoms with E-state index in [-0.39, 0.29) is 11.9 Å². The Morgan fingerprint density at radius 2 is 1.91 bits per heavy atom. The number of allylic oxidation sites excluding steroid dienone is 3. The molecular formula is C27H38N4O. The number of hydrogen-bond donors (Lipinski definition) is 0. The molecule has 2 aromatic rings. The molecule has 2 aliphatic rings. The Bertz CT molecular complexity index is 1020. The van der Waals surface area contributed by atoms with E-state index >= 15 is 0 Å². The molecule has 0 spiro atoms. The van der Waals surface area contributed by atoms with Gasteiger partial charge in [-0.1, -0.05) is 32.9 Å². The molecule has 5 heteroatoms. The molecule has 1 atom stereocenters. The van der Waals surface area contributed by atoms with Crippen molar-refractivity contribution in [1.82, 2.24) is 19.2 Å². The summed E-state index contributed by atoms with van der Waals surface area (Å²) in [5.41, 5.74) is 5.19. The predicted molar refractivity (Wildman–Crippen MR) is 133 cm³/mol. The lowest BCUT2D eigenvalue weighted by atomic mass is 9.87. The summed E-state index contributed by atoms with van der Waals surface area (Å²) in [4.78, 5) is 22.0. The van der Waals surface area contributed by atoms with Crippen molar-refractivity contribution in [2.24, 2.45) is 5.92 Å². The van der Waals surface area contributed by atoms with Crippen LogP contribution in [-0.4, -0.2) is 50.8 Å². The second kappa shape index (κ2) is 10.8. The monoisotopic (exact) mass is 434 g/mol. The Morgan fingerprint density at radius 3 is 2.59 bits per heavy atom. The van der Waals surface area contributed by atoms with Crippen LogP contribution in [0.5, 0.6) is 0 Å². The van der Waals surface area contributed by atoms with Crippen LogP contribution in [0.1, 0.15) is 58.7 Å². The van der Waals surface area contributed by atoms with Crippen LogP contribution in [0.25, 0.3) is 11.2 Å². The van der Waals surface area contributed by atoms with E-state index in [1.54, 1.807) is 6.08 Å². The summed E-state index contributed by atoms with van der Waals surface area (Å²) in [6.07, 6.45) is 14.6. The fourth-order valence-electron chi connectivity index (χ4n) is 4.45. The van der Waals surface area contributed by atoms with E-state index in [9.17, 15) is 4.79 Å². The number of carbonyl (C=O) groups is 1. The molecule has 4 heterocycles. The number of rotatable bonds is 4. The Balaban J connectivity index is 0.00000141. The number of imidazole rings is 1. The molecule has 4 rings (SSSR count). The van der Waals surface area contributed by atoms with E-state index in [1.165, 1.54) is 18.4 Å². The van der Waals surface area contributed by atoms with Crippen LogP contribution < -0.4 is 0 Å². The fourth-order valence-corrected chi connectivity index (χ4v) is 4.45. The van der Waals surface area contributed by atoms with Gasteiger partial charge in [0, 0.05) is 24.7 Å². The van der Waals surface area contributed by atoms with E-state index in [1.807, 2.05) is 61.5 Å². The van der Waals surface area contributed by atoms with E-state index in [4.69, 9.17) is 0 Å². The first-order valence-corrected chi connectivity index (χ1v) is 12.0. The van der Waals surface area contributed by atoms with Gasteiger partial charge in [-0.05, 0) is 88.0 Å². The first-order valence-electron chi connectivity index (χ1n) is 12.0. The molecule has 5 nitrogen and oxygen atoms in total. The number of carbonyl (C=O) groups excluding carboxylic acids is 1. The Hall–Kier alpha value is -2.66. The molecule has 0 aliphatic carbocycles. The molecule has 0 saturated carbocycles. The summed E-state index contributed by atoms with van der Waals surface area (Å²) in [6, 6.07) is 4.10. The molecule has 0 radical (unpaired) electrons. The largest absolute Gasteiger partial charge is 0.309 e. The smallest absolute Gasteiger partial charge is 0.251 e. The van der Waals surface area contributed by atoms with Crippen molar-refractivity contribution >= 4 is 17.1 Å². The highest BCUT2D eigenvalue weighted by Crippen LogP contribution is 2.29. The number of pyridine rings is 1. The standard InChI is InChI=1S/C25H32N4O.C2H6/c1-5-27-12-10-21(11-13-27)23-7-6-20(4)29(17-23)25(30)14-18(2)22-8-9-24-26-19(3)15-28(24)16-22;1-2/h6-9,14-17,20-21H,5,10-13H2,1-4H3;1-2H3/b18-14+;. The maximum Gasteiger partial charge on any atom is 0.251 e. The molecule has 1 saturated heterocycles. The van der Waals surface area contributed by atoms with Crippen molar-refractivity contribution < 1.29 is 4.79 Å². The lowest BCUT2D eigenvalue weighted by Crippen LogP contribution is -2.37. The summed E-state index contributed by atoms with van der Waals surface area (Å²) in [5.74, 6) is 0.582. The molecule has 2 aromatic heterocycles. The zero-order valence-corrected chi connectivity index (χ0v) is 20.5. The molecule has 2 aliphatic heterocycles. The van der Waals surface area contributed by atoms with Gasteiger partial charge in [-0.2, -0.15) is 0 Å². The number of nitrogens with zero attached hydrogens (tertiary/aromatic N) is 4. The first-order chi connectivity index (χ1) is 15.4. The molecule has 0 aromatic carbocycles. The van der Waals surface area contributed by atoms with Crippen LogP contribution in [0.3, 0.4) is 0 Å². The van der Waals surface area contributed by atoms with Crippen molar-refractivity contribution in [3.05, 3.63) is 65.8 Å². The van der Waals surface area contributed by atoms with E-state index in [0.717, 1.165) is 42.1 Å². The third kappa shape index (κ3) is 5.39. The summed E-state index contributed by atoms with van der Waals surface area (Å²) in [6.45, 7) is 15.7. The van der Waals surface area contributed by atoms with Gasteiger partial charge in [0.05, 0.1) is 11.7 Å². The average Bonchev–Trinajstić information content (AvgIpc) is 3.20. The van der Waals surface area contributed by atoms with E-state index in [0.29, 0.717) is 5.92 Å². The molecule has 0 bridgehead atoms. The van der Waals surface area contributed by atoms with Crippen molar-refractivity contribution in [2.75, 3.05) is 19.6 Å². The van der Waals surface area contributed by atoms with Crippen LogP contribution >= 0.6 is 0 Å². The average molecular weight is 435 g/mol. The highest BCUT2D eigenvalue weighted by atomic mass is 16.2. The zero-order chi connectivity index (χ0) is 23.3. The first kappa shape index (κ1) is 24.0. The number of fused-ring (bicyclic) bond motifs is 1. The third-order valence-electron chi connectivity index (χ3n) is 6.42. The van der Waals surface area contributed by atoms with Crippen LogP contribution in [0.2, 0.25) is 0 Å². The molecule has 1 amide bonds. The van der Waals surface area contributed by atoms with Gasteiger partial charge in [0.1, 0.15) is 5.65 Å². The van der Waals surface area contributed by atoms with Gasteiger partial charge in [0.25, 0.3) is 5.91 Å². The van der Waals surface area contributed by atoms with Crippen LogP contribution in [-0.2, 0) is 4.79 Å². The highest BCUT2D eigenvalue weighted by Gasteiger charge is 2.25. The van der Waals surface area contributed by atoms with Gasteiger partial charge in [-0.25, -0.2) is 4.98 Å². The molecule has 1 fully saturated rings. The number of hydrogen-bond acceptors (Lipinski definition) is 3. The van der Waals surface area contributed by atoms with Gasteiger partial charge in [-0.3, -0.25) is 4.79 Å². The highest BCUT2D eigenvalue weighted by molar-refractivity contribution is 5.96. The van der Waals surface area contributed by atoms with E-state index < -0.39 is 0 Å². The summed E-state index contributed by atoms with van der Waals surface area (Å²) < 4.78 is 2.01. The quantitative estimate of drug-likeness (QED) is 0.599. The minimum absolute atomic E-state index is 0.0368. The Labute approximate surface area is 193 Å². The zero-order valence-electron chi connectivity index (χ0n) is 20.5. The topological polar surface area (TPSA) is 40.8 Å². The SMILES string of the molecule is CC.CCN1CCC(C2=CN(C(=O)/C=C(\C)c3ccc4nc(C)cn4c3)C(C)C=C2)CC1. The minimum Gasteiger partial charge on any atom is -0.309 e. The summed E-state index contributed by atoms with van der Waals surface area (Å²) in [7, 11) is 0. The van der Waals surface area contributed by atoms with Crippen molar-refractivity contribution in [1.29, 1.82) is 0 Å². The molecule has 32 heavy (non-hydrogen) atoms. The van der Waals surface area contributed by atoms with Gasteiger partial charge >= 0.3 is 0 Å². The molecular weight excluding hydrogens is 396 g/mol. The van der Waals surface area contributed by atoms with Crippen molar-refractivity contribution in [3.63, 3.8) is 0 Å². The summed E-state index contributed by atoms with van der Waals surface area (Å²) in [5, 5.41) is 0. The lowest BCUT2D eigenvalue weighted by molar-refractivity contribution is -0.124. The maximum atomic E-state index is 13.1.